The Morgan fingerprint density at radius 1 is 1.29 bits per heavy atom. The fraction of sp³-hybridized carbons (Fsp3) is 0.500. The van der Waals surface area contributed by atoms with E-state index in [1.807, 2.05) is 24.3 Å². The van der Waals surface area contributed by atoms with Crippen molar-refractivity contribution in [1.82, 2.24) is 5.32 Å². The summed E-state index contributed by atoms with van der Waals surface area (Å²) in [5.41, 5.74) is 1.76. The molecule has 1 aromatic carbocycles. The monoisotopic (exact) mass is 290 g/mol. The fourth-order valence-corrected chi connectivity index (χ4v) is 1.92. The Morgan fingerprint density at radius 3 is 2.52 bits per heavy atom. The highest BCUT2D eigenvalue weighted by molar-refractivity contribution is 5.94. The molecule has 0 spiro atoms. The molecule has 0 aromatic heterocycles. The average Bonchev–Trinajstić information content (AvgIpc) is 3.29. The molecule has 0 heterocycles. The fourth-order valence-electron chi connectivity index (χ4n) is 1.92. The highest BCUT2D eigenvalue weighted by atomic mass is 16.3. The van der Waals surface area contributed by atoms with Crippen LogP contribution in [0.3, 0.4) is 0 Å². The van der Waals surface area contributed by atoms with Crippen LogP contribution in [-0.4, -0.2) is 23.0 Å². The van der Waals surface area contributed by atoms with Crippen LogP contribution in [0.1, 0.15) is 38.2 Å². The third-order valence-electron chi connectivity index (χ3n) is 3.45. The van der Waals surface area contributed by atoms with Crippen molar-refractivity contribution in [3.63, 3.8) is 0 Å². The first-order valence-electron chi connectivity index (χ1n) is 7.39. The molecule has 1 atom stereocenters. The zero-order chi connectivity index (χ0) is 15.2. The molecule has 1 unspecified atom stereocenters. The number of amides is 2. The van der Waals surface area contributed by atoms with Gasteiger partial charge in [0.15, 0.2) is 0 Å². The molecule has 5 nitrogen and oxygen atoms in total. The van der Waals surface area contributed by atoms with E-state index in [-0.39, 0.29) is 17.7 Å². The minimum Gasteiger partial charge on any atom is -0.393 e. The second-order valence-electron chi connectivity index (χ2n) is 5.62. The van der Waals surface area contributed by atoms with Gasteiger partial charge in [-0.05, 0) is 43.9 Å². The minimum absolute atomic E-state index is 0.0676. The zero-order valence-corrected chi connectivity index (χ0v) is 12.3. The van der Waals surface area contributed by atoms with Crippen molar-refractivity contribution >= 4 is 17.5 Å². The van der Waals surface area contributed by atoms with Crippen molar-refractivity contribution in [2.45, 2.75) is 45.3 Å². The number of hydrogen-bond donors (Lipinski definition) is 3. The first kappa shape index (κ1) is 15.5. The Hall–Kier alpha value is -1.88. The van der Waals surface area contributed by atoms with E-state index in [1.165, 1.54) is 0 Å². The Kier molecular flexibility index (Phi) is 5.33. The smallest absolute Gasteiger partial charge is 0.227 e. The molecule has 0 aliphatic heterocycles. The molecule has 2 rings (SSSR count). The molecule has 1 saturated carbocycles. The Morgan fingerprint density at radius 2 is 1.95 bits per heavy atom. The number of carbonyl (C=O) groups excluding carboxylic acids is 2. The van der Waals surface area contributed by atoms with Crippen LogP contribution in [-0.2, 0) is 16.1 Å². The highest BCUT2D eigenvalue weighted by Gasteiger charge is 2.29. The van der Waals surface area contributed by atoms with Gasteiger partial charge in [0, 0.05) is 24.6 Å². The van der Waals surface area contributed by atoms with Gasteiger partial charge in [0.25, 0.3) is 0 Å². The van der Waals surface area contributed by atoms with Gasteiger partial charge in [0.1, 0.15) is 0 Å². The van der Waals surface area contributed by atoms with Crippen LogP contribution < -0.4 is 10.6 Å². The lowest BCUT2D eigenvalue weighted by atomic mass is 10.2. The van der Waals surface area contributed by atoms with Gasteiger partial charge in [-0.3, -0.25) is 9.59 Å². The summed E-state index contributed by atoms with van der Waals surface area (Å²) in [5.74, 6) is 0.217. The molecular weight excluding hydrogens is 268 g/mol. The van der Waals surface area contributed by atoms with Crippen molar-refractivity contribution in [1.29, 1.82) is 0 Å². The molecule has 3 N–H and O–H groups in total. The maximum Gasteiger partial charge on any atom is 0.227 e. The van der Waals surface area contributed by atoms with E-state index in [9.17, 15) is 9.59 Å². The maximum atomic E-state index is 11.6. The lowest BCUT2D eigenvalue weighted by Gasteiger charge is -2.08. The van der Waals surface area contributed by atoms with E-state index in [2.05, 4.69) is 10.6 Å². The number of nitrogens with one attached hydrogen (secondary N) is 2. The third kappa shape index (κ3) is 5.55. The molecule has 0 bridgehead atoms. The number of benzene rings is 1. The van der Waals surface area contributed by atoms with E-state index in [0.29, 0.717) is 19.4 Å². The van der Waals surface area contributed by atoms with Crippen LogP contribution >= 0.6 is 0 Å². The number of aliphatic hydroxyl groups excluding tert-OH is 1. The second-order valence-corrected chi connectivity index (χ2v) is 5.62. The van der Waals surface area contributed by atoms with Gasteiger partial charge in [-0.15, -0.1) is 0 Å². The topological polar surface area (TPSA) is 78.4 Å². The summed E-state index contributed by atoms with van der Waals surface area (Å²) in [7, 11) is 0. The van der Waals surface area contributed by atoms with E-state index in [0.717, 1.165) is 24.1 Å². The number of anilines is 1. The van der Waals surface area contributed by atoms with Crippen molar-refractivity contribution < 1.29 is 14.7 Å². The van der Waals surface area contributed by atoms with Gasteiger partial charge in [0.05, 0.1) is 6.10 Å². The molecule has 114 valence electrons. The molecule has 2 amide bonds. The predicted molar refractivity (Wildman–Crippen MR) is 80.6 cm³/mol. The van der Waals surface area contributed by atoms with E-state index >= 15 is 0 Å². The third-order valence-corrected chi connectivity index (χ3v) is 3.45. The summed E-state index contributed by atoms with van der Waals surface area (Å²) in [4.78, 5) is 23.1. The predicted octanol–water partition coefficient (Wildman–Crippen LogP) is 1.81. The van der Waals surface area contributed by atoms with Gasteiger partial charge in [-0.2, -0.15) is 0 Å². The standard InChI is InChI=1S/C16H22N2O3/c1-11(19)2-9-15(20)17-10-12-3-7-14(8-4-12)18-16(21)13-5-6-13/h3-4,7-8,11,13,19H,2,5-6,9-10H2,1H3,(H,17,20)(H,18,21). The van der Waals surface area contributed by atoms with Crippen LogP contribution in [0.5, 0.6) is 0 Å². The van der Waals surface area contributed by atoms with E-state index in [1.54, 1.807) is 6.92 Å². The van der Waals surface area contributed by atoms with E-state index < -0.39 is 6.10 Å². The maximum absolute atomic E-state index is 11.6. The van der Waals surface area contributed by atoms with Crippen molar-refractivity contribution in [2.24, 2.45) is 5.92 Å². The van der Waals surface area contributed by atoms with Crippen LogP contribution in [0.2, 0.25) is 0 Å². The molecule has 21 heavy (non-hydrogen) atoms. The van der Waals surface area contributed by atoms with Crippen LogP contribution in [0.25, 0.3) is 0 Å². The number of aliphatic hydroxyl groups is 1. The molecule has 0 saturated heterocycles. The largest absolute Gasteiger partial charge is 0.393 e. The lowest BCUT2D eigenvalue weighted by molar-refractivity contribution is -0.121. The number of hydrogen-bond acceptors (Lipinski definition) is 3. The van der Waals surface area contributed by atoms with Gasteiger partial charge >= 0.3 is 0 Å². The Labute approximate surface area is 124 Å². The second kappa shape index (κ2) is 7.22. The van der Waals surface area contributed by atoms with Crippen LogP contribution in [0, 0.1) is 5.92 Å². The summed E-state index contributed by atoms with van der Waals surface area (Å²) in [6.45, 7) is 2.12. The SMILES string of the molecule is CC(O)CCC(=O)NCc1ccc(NC(=O)C2CC2)cc1. The molecule has 0 radical (unpaired) electrons. The van der Waals surface area contributed by atoms with Gasteiger partial charge in [-0.1, -0.05) is 12.1 Å². The first-order valence-corrected chi connectivity index (χ1v) is 7.39. The van der Waals surface area contributed by atoms with Crippen molar-refractivity contribution in [3.05, 3.63) is 29.8 Å². The van der Waals surface area contributed by atoms with Crippen molar-refractivity contribution in [2.75, 3.05) is 5.32 Å². The van der Waals surface area contributed by atoms with Crippen LogP contribution in [0.15, 0.2) is 24.3 Å². The molecule has 1 aliphatic rings. The highest BCUT2D eigenvalue weighted by Crippen LogP contribution is 2.30. The lowest BCUT2D eigenvalue weighted by Crippen LogP contribution is -2.23. The molecule has 1 aromatic rings. The van der Waals surface area contributed by atoms with Gasteiger partial charge < -0.3 is 15.7 Å². The van der Waals surface area contributed by atoms with Gasteiger partial charge in [0.2, 0.25) is 11.8 Å². The zero-order valence-electron chi connectivity index (χ0n) is 12.3. The molecular formula is C16H22N2O3. The molecule has 5 heteroatoms. The van der Waals surface area contributed by atoms with Crippen molar-refractivity contribution in [3.8, 4) is 0 Å². The number of carbonyl (C=O) groups is 2. The first-order chi connectivity index (χ1) is 10.0. The summed E-state index contributed by atoms with van der Waals surface area (Å²) < 4.78 is 0. The van der Waals surface area contributed by atoms with Crippen LogP contribution in [0.4, 0.5) is 5.69 Å². The summed E-state index contributed by atoms with van der Waals surface area (Å²) in [5, 5.41) is 14.8. The Bertz CT molecular complexity index is 493. The van der Waals surface area contributed by atoms with E-state index in [4.69, 9.17) is 5.11 Å². The summed E-state index contributed by atoms with van der Waals surface area (Å²) in [6, 6.07) is 7.46. The molecule has 1 aliphatic carbocycles. The summed E-state index contributed by atoms with van der Waals surface area (Å²) in [6.07, 6.45) is 2.32. The molecule has 1 fully saturated rings. The minimum atomic E-state index is -0.454. The number of rotatable bonds is 7. The summed E-state index contributed by atoms with van der Waals surface area (Å²) >= 11 is 0. The Balaban J connectivity index is 1.74. The quantitative estimate of drug-likeness (QED) is 0.716. The normalized spacial score (nSPS) is 15.3. The van der Waals surface area contributed by atoms with Gasteiger partial charge in [-0.25, -0.2) is 0 Å². The average molecular weight is 290 g/mol.